The lowest BCUT2D eigenvalue weighted by Crippen LogP contribution is -2.38. The first kappa shape index (κ1) is 25.2. The van der Waals surface area contributed by atoms with Crippen molar-refractivity contribution in [2.45, 2.75) is 25.3 Å². The molecule has 36 heavy (non-hydrogen) atoms. The van der Waals surface area contributed by atoms with E-state index in [1.165, 1.54) is 18.9 Å². The van der Waals surface area contributed by atoms with E-state index in [9.17, 15) is 9.59 Å². The standard InChI is InChI=1S/C30H34N4O2/c35-29(31-19-22-34-20-7-8-21-34)18-17-28(23-24-9-3-1-4-10-24)33-30(36)32-27-15-13-26(14-16-27)25-11-5-2-6-12-25/h1-6,9-18,28H,7-8,19-23H2,(H,31,35)(H2,32,33,36). The van der Waals surface area contributed by atoms with E-state index < -0.39 is 0 Å². The van der Waals surface area contributed by atoms with Crippen LogP contribution in [-0.2, 0) is 11.2 Å². The van der Waals surface area contributed by atoms with Crippen molar-refractivity contribution in [1.82, 2.24) is 15.5 Å². The molecule has 186 valence electrons. The number of hydrogen-bond acceptors (Lipinski definition) is 3. The average molecular weight is 483 g/mol. The molecule has 3 aromatic rings. The molecule has 1 atom stereocenters. The molecule has 3 N–H and O–H groups in total. The Morgan fingerprint density at radius 1 is 0.833 bits per heavy atom. The summed E-state index contributed by atoms with van der Waals surface area (Å²) in [5, 5.41) is 8.84. The number of hydrogen-bond donors (Lipinski definition) is 3. The molecule has 4 rings (SSSR count). The van der Waals surface area contributed by atoms with Gasteiger partial charge in [-0.25, -0.2) is 4.79 Å². The van der Waals surface area contributed by atoms with Gasteiger partial charge >= 0.3 is 6.03 Å². The molecule has 0 aromatic heterocycles. The van der Waals surface area contributed by atoms with E-state index in [-0.39, 0.29) is 18.0 Å². The number of urea groups is 1. The highest BCUT2D eigenvalue weighted by atomic mass is 16.2. The molecule has 0 aliphatic carbocycles. The Hall–Kier alpha value is -3.90. The largest absolute Gasteiger partial charge is 0.351 e. The maximum atomic E-state index is 12.8. The molecule has 0 bridgehead atoms. The third-order valence-electron chi connectivity index (χ3n) is 6.27. The normalized spacial score (nSPS) is 14.4. The Balaban J connectivity index is 1.32. The van der Waals surface area contributed by atoms with Gasteiger partial charge in [0, 0.05) is 24.9 Å². The van der Waals surface area contributed by atoms with E-state index in [4.69, 9.17) is 0 Å². The lowest BCUT2D eigenvalue weighted by molar-refractivity contribution is -0.116. The molecule has 1 saturated heterocycles. The minimum absolute atomic E-state index is 0.147. The van der Waals surface area contributed by atoms with Crippen molar-refractivity contribution in [3.05, 3.63) is 103 Å². The second kappa shape index (κ2) is 13.3. The third kappa shape index (κ3) is 8.10. The zero-order chi connectivity index (χ0) is 25.0. The summed E-state index contributed by atoms with van der Waals surface area (Å²) in [6.45, 7) is 3.72. The number of carbonyl (C=O) groups is 2. The predicted molar refractivity (Wildman–Crippen MR) is 146 cm³/mol. The van der Waals surface area contributed by atoms with E-state index in [0.717, 1.165) is 36.3 Å². The van der Waals surface area contributed by atoms with Crippen LogP contribution in [0.5, 0.6) is 0 Å². The summed E-state index contributed by atoms with van der Waals surface area (Å²) >= 11 is 0. The van der Waals surface area contributed by atoms with Gasteiger partial charge in [0.05, 0.1) is 6.04 Å². The second-order valence-corrected chi connectivity index (χ2v) is 9.04. The molecule has 1 aliphatic heterocycles. The van der Waals surface area contributed by atoms with Gasteiger partial charge in [-0.3, -0.25) is 4.79 Å². The maximum absolute atomic E-state index is 12.8. The molecule has 1 fully saturated rings. The molecule has 1 heterocycles. The molecule has 6 heteroatoms. The fraction of sp³-hybridized carbons (Fsp3) is 0.267. The number of benzene rings is 3. The van der Waals surface area contributed by atoms with Crippen molar-refractivity contribution in [2.75, 3.05) is 31.5 Å². The average Bonchev–Trinajstić information content (AvgIpc) is 3.42. The molecular formula is C30H34N4O2. The lowest BCUT2D eigenvalue weighted by atomic mass is 10.1. The number of rotatable bonds is 10. The van der Waals surface area contributed by atoms with Crippen molar-refractivity contribution in [2.24, 2.45) is 0 Å². The van der Waals surface area contributed by atoms with E-state index in [1.54, 1.807) is 6.08 Å². The van der Waals surface area contributed by atoms with Crippen molar-refractivity contribution >= 4 is 17.6 Å². The third-order valence-corrected chi connectivity index (χ3v) is 6.27. The summed E-state index contributed by atoms with van der Waals surface area (Å²) in [5.41, 5.74) is 3.99. The van der Waals surface area contributed by atoms with Crippen LogP contribution in [-0.4, -0.2) is 49.1 Å². The SMILES string of the molecule is O=C(C=CC(Cc1ccccc1)NC(=O)Nc1ccc(-c2ccccc2)cc1)NCCN1CCCC1. The van der Waals surface area contributed by atoms with Gasteiger partial charge in [0.1, 0.15) is 0 Å². The Morgan fingerprint density at radius 3 is 2.17 bits per heavy atom. The van der Waals surface area contributed by atoms with Gasteiger partial charge in [0.2, 0.25) is 5.91 Å². The highest BCUT2D eigenvalue weighted by Gasteiger charge is 2.13. The lowest BCUT2D eigenvalue weighted by Gasteiger charge is -2.17. The van der Waals surface area contributed by atoms with Gasteiger partial charge < -0.3 is 20.9 Å². The van der Waals surface area contributed by atoms with Crippen LogP contribution >= 0.6 is 0 Å². The number of amides is 3. The van der Waals surface area contributed by atoms with Crippen molar-refractivity contribution < 1.29 is 9.59 Å². The first-order valence-electron chi connectivity index (χ1n) is 12.6. The second-order valence-electron chi connectivity index (χ2n) is 9.04. The van der Waals surface area contributed by atoms with E-state index >= 15 is 0 Å². The van der Waals surface area contributed by atoms with E-state index in [0.29, 0.717) is 18.7 Å². The molecule has 1 aliphatic rings. The van der Waals surface area contributed by atoms with Crippen LogP contribution in [0.4, 0.5) is 10.5 Å². The van der Waals surface area contributed by atoms with Gasteiger partial charge in [-0.05, 0) is 61.2 Å². The van der Waals surface area contributed by atoms with Crippen molar-refractivity contribution in [3.63, 3.8) is 0 Å². The van der Waals surface area contributed by atoms with Gasteiger partial charge in [0.25, 0.3) is 0 Å². The van der Waals surface area contributed by atoms with Crippen LogP contribution < -0.4 is 16.0 Å². The highest BCUT2D eigenvalue weighted by Crippen LogP contribution is 2.21. The summed E-state index contributed by atoms with van der Waals surface area (Å²) < 4.78 is 0. The van der Waals surface area contributed by atoms with Crippen LogP contribution in [0.1, 0.15) is 18.4 Å². The summed E-state index contributed by atoms with van der Waals surface area (Å²) in [4.78, 5) is 27.5. The Bertz CT molecular complexity index is 1120. The maximum Gasteiger partial charge on any atom is 0.319 e. The topological polar surface area (TPSA) is 73.5 Å². The first-order valence-corrected chi connectivity index (χ1v) is 12.6. The number of nitrogens with one attached hydrogen (secondary N) is 3. The number of carbonyl (C=O) groups excluding carboxylic acids is 2. The molecule has 0 spiro atoms. The van der Waals surface area contributed by atoms with Crippen LogP contribution in [0, 0.1) is 0 Å². The predicted octanol–water partition coefficient (Wildman–Crippen LogP) is 4.85. The minimum Gasteiger partial charge on any atom is -0.351 e. The number of likely N-dealkylation sites (tertiary alicyclic amines) is 1. The van der Waals surface area contributed by atoms with Gasteiger partial charge in [0.15, 0.2) is 0 Å². The van der Waals surface area contributed by atoms with Crippen LogP contribution in [0.15, 0.2) is 97.1 Å². The van der Waals surface area contributed by atoms with Crippen LogP contribution in [0.2, 0.25) is 0 Å². The summed E-state index contributed by atoms with van der Waals surface area (Å²) in [6.07, 6.45) is 6.33. The molecule has 0 radical (unpaired) electrons. The Morgan fingerprint density at radius 2 is 1.47 bits per heavy atom. The zero-order valence-electron chi connectivity index (χ0n) is 20.5. The van der Waals surface area contributed by atoms with Gasteiger partial charge in [-0.15, -0.1) is 0 Å². The van der Waals surface area contributed by atoms with Gasteiger partial charge in [-0.2, -0.15) is 0 Å². The Kier molecular flexibility index (Phi) is 9.28. The van der Waals surface area contributed by atoms with Gasteiger partial charge in [-0.1, -0.05) is 78.9 Å². The first-order chi connectivity index (χ1) is 17.7. The molecule has 6 nitrogen and oxygen atoms in total. The molecule has 0 saturated carbocycles. The zero-order valence-corrected chi connectivity index (χ0v) is 20.5. The monoisotopic (exact) mass is 482 g/mol. The smallest absolute Gasteiger partial charge is 0.319 e. The minimum atomic E-state index is -0.333. The molecular weight excluding hydrogens is 448 g/mol. The molecule has 1 unspecified atom stereocenters. The summed E-state index contributed by atoms with van der Waals surface area (Å²) in [5.74, 6) is -0.147. The molecule has 3 amide bonds. The van der Waals surface area contributed by atoms with E-state index in [1.807, 2.05) is 72.8 Å². The number of nitrogens with zero attached hydrogens (tertiary/aromatic N) is 1. The highest BCUT2D eigenvalue weighted by molar-refractivity contribution is 5.90. The van der Waals surface area contributed by atoms with Crippen LogP contribution in [0.3, 0.4) is 0 Å². The summed E-state index contributed by atoms with van der Waals surface area (Å²) in [6, 6.07) is 27.1. The Labute approximate surface area is 213 Å². The summed E-state index contributed by atoms with van der Waals surface area (Å²) in [7, 11) is 0. The quantitative estimate of drug-likeness (QED) is 0.362. The fourth-order valence-corrected chi connectivity index (χ4v) is 4.35. The van der Waals surface area contributed by atoms with E-state index in [2.05, 4.69) is 33.0 Å². The number of anilines is 1. The molecule has 3 aromatic carbocycles. The van der Waals surface area contributed by atoms with Crippen LogP contribution in [0.25, 0.3) is 11.1 Å². The fourth-order valence-electron chi connectivity index (χ4n) is 4.35. The van der Waals surface area contributed by atoms with Crippen molar-refractivity contribution in [1.29, 1.82) is 0 Å². The van der Waals surface area contributed by atoms with Crippen molar-refractivity contribution in [3.8, 4) is 11.1 Å².